The molecule has 0 aromatic heterocycles. The number of amides is 4. The molecule has 1 aromatic rings. The lowest BCUT2D eigenvalue weighted by molar-refractivity contribution is -0.135. The lowest BCUT2D eigenvalue weighted by Crippen LogP contribution is -2.45. The van der Waals surface area contributed by atoms with Crippen LogP contribution in [0.5, 0.6) is 0 Å². The molecule has 1 fully saturated rings. The Kier molecular flexibility index (Phi) is 6.06. The number of benzene rings is 1. The molecule has 2 N–H and O–H groups in total. The van der Waals surface area contributed by atoms with Gasteiger partial charge in [-0.05, 0) is 30.0 Å². The van der Waals surface area contributed by atoms with Crippen molar-refractivity contribution in [3.63, 3.8) is 0 Å². The minimum atomic E-state index is -1.15. The van der Waals surface area contributed by atoms with Gasteiger partial charge < -0.3 is 10.6 Å². The summed E-state index contributed by atoms with van der Waals surface area (Å²) in [6, 6.07) is 6.23. The first-order valence-corrected chi connectivity index (χ1v) is 8.88. The zero-order chi connectivity index (χ0) is 18.6. The van der Waals surface area contributed by atoms with Gasteiger partial charge in [0.25, 0.3) is 5.91 Å². The van der Waals surface area contributed by atoms with Crippen molar-refractivity contribution in [2.75, 3.05) is 13.1 Å². The van der Waals surface area contributed by atoms with Crippen LogP contribution in [-0.4, -0.2) is 35.8 Å². The summed E-state index contributed by atoms with van der Waals surface area (Å²) in [4.78, 5) is 38.3. The van der Waals surface area contributed by atoms with Gasteiger partial charge >= 0.3 is 6.03 Å². The molecule has 1 aliphatic rings. The Balaban J connectivity index is 2.15. The molecule has 25 heavy (non-hydrogen) atoms. The highest BCUT2D eigenvalue weighted by Gasteiger charge is 2.51. The molecule has 136 valence electrons. The fourth-order valence-corrected chi connectivity index (χ4v) is 2.90. The molecule has 0 spiro atoms. The third kappa shape index (κ3) is 3.95. The van der Waals surface area contributed by atoms with E-state index in [4.69, 9.17) is 11.6 Å². The lowest BCUT2D eigenvalue weighted by atomic mass is 9.87. The van der Waals surface area contributed by atoms with E-state index in [9.17, 15) is 14.4 Å². The molecule has 0 bridgehead atoms. The molecular weight excluding hydrogens is 342 g/mol. The molecule has 0 radical (unpaired) electrons. The van der Waals surface area contributed by atoms with Gasteiger partial charge in [-0.25, -0.2) is 4.79 Å². The molecule has 0 aliphatic carbocycles. The summed E-state index contributed by atoms with van der Waals surface area (Å²) in [7, 11) is 0. The van der Waals surface area contributed by atoms with E-state index in [0.29, 0.717) is 29.5 Å². The van der Waals surface area contributed by atoms with Gasteiger partial charge in [0, 0.05) is 11.6 Å². The van der Waals surface area contributed by atoms with Crippen molar-refractivity contribution in [3.05, 3.63) is 34.9 Å². The maximum Gasteiger partial charge on any atom is 0.325 e. The smallest absolute Gasteiger partial charge is 0.325 e. The monoisotopic (exact) mass is 365 g/mol. The van der Waals surface area contributed by atoms with Crippen LogP contribution >= 0.6 is 11.6 Å². The Labute approximate surface area is 152 Å². The van der Waals surface area contributed by atoms with E-state index in [2.05, 4.69) is 10.6 Å². The number of nitrogens with zero attached hydrogens (tertiary/aromatic N) is 1. The van der Waals surface area contributed by atoms with E-state index >= 15 is 0 Å². The quantitative estimate of drug-likeness (QED) is 0.729. The van der Waals surface area contributed by atoms with Gasteiger partial charge in [0.2, 0.25) is 5.91 Å². The van der Waals surface area contributed by atoms with E-state index in [1.165, 1.54) is 0 Å². The number of nitrogens with one attached hydrogen (secondary N) is 2. The van der Waals surface area contributed by atoms with Crippen LogP contribution in [0.2, 0.25) is 5.02 Å². The SMILES string of the molecule is CC[C@@H](C)CNC(=O)CN1C(=O)N[C@](CC)(c2ccc(Cl)cc2)C1=O. The van der Waals surface area contributed by atoms with Gasteiger partial charge in [0.05, 0.1) is 0 Å². The van der Waals surface area contributed by atoms with Crippen molar-refractivity contribution in [3.8, 4) is 0 Å². The van der Waals surface area contributed by atoms with Gasteiger partial charge in [-0.3, -0.25) is 14.5 Å². The van der Waals surface area contributed by atoms with Crippen LogP contribution in [0.15, 0.2) is 24.3 Å². The molecule has 1 aliphatic heterocycles. The second kappa shape index (κ2) is 7.87. The first kappa shape index (κ1) is 19.2. The van der Waals surface area contributed by atoms with Gasteiger partial charge in [-0.2, -0.15) is 0 Å². The van der Waals surface area contributed by atoms with E-state index in [-0.39, 0.29) is 12.5 Å². The summed E-state index contributed by atoms with van der Waals surface area (Å²) < 4.78 is 0. The molecule has 6 nitrogen and oxygen atoms in total. The number of rotatable bonds is 7. The number of imide groups is 1. The fourth-order valence-electron chi connectivity index (χ4n) is 2.78. The van der Waals surface area contributed by atoms with E-state index in [0.717, 1.165) is 11.3 Å². The predicted octanol–water partition coefficient (Wildman–Crippen LogP) is 2.66. The van der Waals surface area contributed by atoms with Crippen LogP contribution in [0.25, 0.3) is 0 Å². The lowest BCUT2D eigenvalue weighted by Gasteiger charge is -2.25. The molecule has 2 rings (SSSR count). The summed E-state index contributed by atoms with van der Waals surface area (Å²) in [6.45, 7) is 6.12. The molecule has 1 aromatic carbocycles. The maximum absolute atomic E-state index is 12.9. The highest BCUT2D eigenvalue weighted by Crippen LogP contribution is 2.32. The van der Waals surface area contributed by atoms with Crippen LogP contribution in [0, 0.1) is 5.92 Å². The van der Waals surface area contributed by atoms with Gasteiger partial charge in [0.15, 0.2) is 0 Å². The maximum atomic E-state index is 12.9. The van der Waals surface area contributed by atoms with E-state index < -0.39 is 17.5 Å². The summed E-state index contributed by atoms with van der Waals surface area (Å²) >= 11 is 5.91. The number of hydrogen-bond donors (Lipinski definition) is 2. The Morgan fingerprint density at radius 1 is 1.28 bits per heavy atom. The summed E-state index contributed by atoms with van der Waals surface area (Å²) in [5.74, 6) is -0.413. The average molecular weight is 366 g/mol. The Hall–Kier alpha value is -2.08. The minimum Gasteiger partial charge on any atom is -0.354 e. The number of carbonyl (C=O) groups excluding carboxylic acids is 3. The third-order valence-electron chi connectivity index (χ3n) is 4.69. The van der Waals surface area contributed by atoms with Crippen LogP contribution in [0.4, 0.5) is 4.79 Å². The first-order valence-electron chi connectivity index (χ1n) is 8.50. The topological polar surface area (TPSA) is 78.5 Å². The molecule has 7 heteroatoms. The van der Waals surface area contributed by atoms with Gasteiger partial charge in [-0.15, -0.1) is 0 Å². The molecule has 0 saturated carbocycles. The van der Waals surface area contributed by atoms with Crippen molar-refractivity contribution in [1.82, 2.24) is 15.5 Å². The van der Waals surface area contributed by atoms with Crippen molar-refractivity contribution in [2.45, 2.75) is 39.2 Å². The zero-order valence-electron chi connectivity index (χ0n) is 14.8. The fraction of sp³-hybridized carbons (Fsp3) is 0.500. The molecule has 2 atom stereocenters. The number of carbonyl (C=O) groups is 3. The van der Waals surface area contributed by atoms with Crippen molar-refractivity contribution < 1.29 is 14.4 Å². The predicted molar refractivity (Wildman–Crippen MR) is 96.1 cm³/mol. The summed E-state index contributed by atoms with van der Waals surface area (Å²) in [6.07, 6.45) is 1.32. The number of urea groups is 1. The van der Waals surface area contributed by atoms with Crippen molar-refractivity contribution in [1.29, 1.82) is 0 Å². The van der Waals surface area contributed by atoms with Crippen molar-refractivity contribution in [2.24, 2.45) is 5.92 Å². The minimum absolute atomic E-state index is 0.281. The normalized spacial score (nSPS) is 21.2. The van der Waals surface area contributed by atoms with Crippen LogP contribution in [0.3, 0.4) is 0 Å². The zero-order valence-corrected chi connectivity index (χ0v) is 15.5. The second-order valence-electron chi connectivity index (χ2n) is 6.40. The van der Waals surface area contributed by atoms with Crippen LogP contribution < -0.4 is 10.6 Å². The van der Waals surface area contributed by atoms with E-state index in [1.54, 1.807) is 24.3 Å². The Bertz CT molecular complexity index is 662. The Morgan fingerprint density at radius 2 is 1.92 bits per heavy atom. The summed E-state index contributed by atoms with van der Waals surface area (Å²) in [5.41, 5.74) is -0.501. The second-order valence-corrected chi connectivity index (χ2v) is 6.84. The molecule has 1 saturated heterocycles. The van der Waals surface area contributed by atoms with Crippen LogP contribution in [-0.2, 0) is 15.1 Å². The number of hydrogen-bond acceptors (Lipinski definition) is 3. The van der Waals surface area contributed by atoms with E-state index in [1.807, 2.05) is 20.8 Å². The Morgan fingerprint density at radius 3 is 2.48 bits per heavy atom. The average Bonchev–Trinajstić information content (AvgIpc) is 2.85. The van der Waals surface area contributed by atoms with Gasteiger partial charge in [-0.1, -0.05) is 50.9 Å². The summed E-state index contributed by atoms with van der Waals surface area (Å²) in [5, 5.41) is 6.06. The number of halogens is 1. The van der Waals surface area contributed by atoms with Gasteiger partial charge in [0.1, 0.15) is 12.1 Å². The van der Waals surface area contributed by atoms with Crippen molar-refractivity contribution >= 4 is 29.4 Å². The molecular formula is C18H24ClN3O3. The van der Waals surface area contributed by atoms with Crippen LogP contribution in [0.1, 0.15) is 39.2 Å². The highest BCUT2D eigenvalue weighted by molar-refractivity contribution is 6.30. The highest BCUT2D eigenvalue weighted by atomic mass is 35.5. The third-order valence-corrected chi connectivity index (χ3v) is 4.94. The largest absolute Gasteiger partial charge is 0.354 e. The molecule has 4 amide bonds. The first-order chi connectivity index (χ1) is 11.8. The molecule has 1 heterocycles. The standard InChI is InChI=1S/C18H24ClN3O3/c1-4-12(3)10-20-15(23)11-22-16(24)18(5-2,21-17(22)25)13-6-8-14(19)9-7-13/h6-9,12H,4-5,10-11H2,1-3H3,(H,20,23)(H,21,25)/t12-,18-/m1/s1. The molecule has 0 unspecified atom stereocenters.